The molecule has 24 heavy (non-hydrogen) atoms. The van der Waals surface area contributed by atoms with Crippen LogP contribution in [-0.2, 0) is 7.05 Å². The maximum Gasteiger partial charge on any atom is 0.263 e. The van der Waals surface area contributed by atoms with Crippen LogP contribution in [0.1, 0.15) is 36.6 Å². The molecular weight excluding hydrogens is 308 g/mol. The molecular formula is C16H20N6O2. The monoisotopic (exact) mass is 328 g/mol. The van der Waals surface area contributed by atoms with Gasteiger partial charge in [0.25, 0.3) is 5.71 Å². The van der Waals surface area contributed by atoms with Gasteiger partial charge >= 0.3 is 0 Å². The number of rotatable bonds is 4. The van der Waals surface area contributed by atoms with Gasteiger partial charge in [-0.2, -0.15) is 10.1 Å². The Bertz CT molecular complexity index is 857. The summed E-state index contributed by atoms with van der Waals surface area (Å²) in [6.07, 6.45) is 7.28. The Hall–Kier alpha value is -2.48. The summed E-state index contributed by atoms with van der Waals surface area (Å²) < 4.78 is 6.96. The first-order chi connectivity index (χ1) is 11.6. The van der Waals surface area contributed by atoms with E-state index >= 15 is 0 Å². The molecule has 2 atom stereocenters. The highest BCUT2D eigenvalue weighted by molar-refractivity contribution is 5.88. The van der Waals surface area contributed by atoms with Crippen LogP contribution in [0.25, 0.3) is 11.1 Å². The van der Waals surface area contributed by atoms with Crippen LogP contribution >= 0.6 is 0 Å². The van der Waals surface area contributed by atoms with Crippen LogP contribution in [0.4, 0.5) is 5.82 Å². The molecule has 126 valence electrons. The van der Waals surface area contributed by atoms with Gasteiger partial charge in [-0.15, -0.1) is 0 Å². The molecule has 4 heterocycles. The summed E-state index contributed by atoms with van der Waals surface area (Å²) in [6, 6.07) is 0.215. The Balaban J connectivity index is 1.61. The number of aromatic nitrogens is 5. The zero-order valence-corrected chi connectivity index (χ0v) is 13.8. The van der Waals surface area contributed by atoms with Crippen LogP contribution in [0.2, 0.25) is 0 Å². The third-order valence-corrected chi connectivity index (χ3v) is 4.68. The topological polar surface area (TPSA) is 93.1 Å². The lowest BCUT2D eigenvalue weighted by atomic mass is 10.0. The van der Waals surface area contributed by atoms with E-state index in [2.05, 4.69) is 25.1 Å². The molecule has 1 N–H and O–H groups in total. The van der Waals surface area contributed by atoms with Crippen molar-refractivity contribution in [1.82, 2.24) is 24.9 Å². The Morgan fingerprint density at radius 1 is 1.42 bits per heavy atom. The zero-order chi connectivity index (χ0) is 16.7. The number of aryl methyl sites for hydroxylation is 2. The molecule has 0 bridgehead atoms. The maximum absolute atomic E-state index is 10.5. The SMILES string of the molecule is Cc1noc2ncnc(N3CCC[C@H]3C[C@H](O)c3cnn(C)c3)c12. The fourth-order valence-electron chi connectivity index (χ4n) is 3.49. The lowest BCUT2D eigenvalue weighted by molar-refractivity contribution is 0.158. The third kappa shape index (κ3) is 2.52. The van der Waals surface area contributed by atoms with Crippen molar-refractivity contribution in [2.24, 2.45) is 7.05 Å². The number of fused-ring (bicyclic) bond motifs is 1. The summed E-state index contributed by atoms with van der Waals surface area (Å²) >= 11 is 0. The normalized spacial score (nSPS) is 19.3. The Kier molecular flexibility index (Phi) is 3.68. The van der Waals surface area contributed by atoms with Gasteiger partial charge in [0.2, 0.25) is 0 Å². The molecule has 0 aromatic carbocycles. The molecule has 0 radical (unpaired) electrons. The second-order valence-electron chi connectivity index (χ2n) is 6.33. The standard InChI is InChI=1S/C16H20N6O2/c1-10-14-15(17-9-18-16(14)24-20-10)22-5-3-4-12(22)6-13(23)11-7-19-21(2)8-11/h7-9,12-13,23H,3-6H2,1-2H3/t12-,13-/m0/s1. The molecule has 0 unspecified atom stereocenters. The molecule has 3 aromatic rings. The first-order valence-corrected chi connectivity index (χ1v) is 8.13. The summed E-state index contributed by atoms with van der Waals surface area (Å²) in [5.74, 6) is 0.847. The minimum Gasteiger partial charge on any atom is -0.388 e. The van der Waals surface area contributed by atoms with Crippen LogP contribution < -0.4 is 4.90 Å². The Labute approximate surface area is 139 Å². The number of anilines is 1. The van der Waals surface area contributed by atoms with Crippen LogP contribution in [-0.4, -0.2) is 42.6 Å². The van der Waals surface area contributed by atoms with Crippen molar-refractivity contribution in [3.8, 4) is 0 Å². The van der Waals surface area contributed by atoms with E-state index in [0.29, 0.717) is 12.1 Å². The highest BCUT2D eigenvalue weighted by Crippen LogP contribution is 2.34. The Morgan fingerprint density at radius 3 is 3.08 bits per heavy atom. The van der Waals surface area contributed by atoms with Crippen LogP contribution in [0, 0.1) is 6.92 Å². The number of aliphatic hydroxyl groups excluding tert-OH is 1. The van der Waals surface area contributed by atoms with E-state index in [4.69, 9.17) is 4.52 Å². The summed E-state index contributed by atoms with van der Waals surface area (Å²) in [6.45, 7) is 2.80. The average Bonchev–Trinajstić information content (AvgIpc) is 3.28. The summed E-state index contributed by atoms with van der Waals surface area (Å²) in [5.41, 5.74) is 2.15. The van der Waals surface area contributed by atoms with E-state index in [1.54, 1.807) is 10.9 Å². The molecule has 0 aliphatic carbocycles. The van der Waals surface area contributed by atoms with Crippen molar-refractivity contribution in [2.45, 2.75) is 38.3 Å². The van der Waals surface area contributed by atoms with Crippen molar-refractivity contribution < 1.29 is 9.63 Å². The molecule has 0 spiro atoms. The first kappa shape index (κ1) is 15.1. The fraction of sp³-hybridized carbons (Fsp3) is 0.500. The maximum atomic E-state index is 10.5. The molecule has 1 saturated heterocycles. The van der Waals surface area contributed by atoms with Crippen molar-refractivity contribution in [2.75, 3.05) is 11.4 Å². The van der Waals surface area contributed by atoms with Crippen molar-refractivity contribution >= 4 is 16.9 Å². The van der Waals surface area contributed by atoms with Crippen molar-refractivity contribution in [3.63, 3.8) is 0 Å². The van der Waals surface area contributed by atoms with Gasteiger partial charge in [-0.25, -0.2) is 4.98 Å². The number of hydrogen-bond acceptors (Lipinski definition) is 7. The molecule has 4 rings (SSSR count). The molecule has 3 aromatic heterocycles. The average molecular weight is 328 g/mol. The minimum absolute atomic E-state index is 0.215. The van der Waals surface area contributed by atoms with Gasteiger partial charge in [0.1, 0.15) is 17.5 Å². The predicted octanol–water partition coefficient (Wildman–Crippen LogP) is 1.75. The molecule has 1 fully saturated rings. The fourth-order valence-corrected chi connectivity index (χ4v) is 3.49. The number of aliphatic hydroxyl groups is 1. The second kappa shape index (κ2) is 5.86. The summed E-state index contributed by atoms with van der Waals surface area (Å²) in [5, 5.41) is 19.5. The van der Waals surface area contributed by atoms with Gasteiger partial charge in [-0.05, 0) is 26.2 Å². The highest BCUT2D eigenvalue weighted by Gasteiger charge is 2.30. The minimum atomic E-state index is -0.537. The van der Waals surface area contributed by atoms with E-state index in [1.807, 2.05) is 20.2 Å². The van der Waals surface area contributed by atoms with E-state index in [1.165, 1.54) is 6.33 Å². The van der Waals surface area contributed by atoms with Gasteiger partial charge < -0.3 is 14.5 Å². The highest BCUT2D eigenvalue weighted by atomic mass is 16.5. The molecule has 1 aliphatic rings. The molecule has 0 saturated carbocycles. The first-order valence-electron chi connectivity index (χ1n) is 8.13. The Morgan fingerprint density at radius 2 is 2.29 bits per heavy atom. The van der Waals surface area contributed by atoms with E-state index < -0.39 is 6.10 Å². The smallest absolute Gasteiger partial charge is 0.263 e. The molecule has 0 amide bonds. The summed E-state index contributed by atoms with van der Waals surface area (Å²) in [4.78, 5) is 10.9. The van der Waals surface area contributed by atoms with Gasteiger partial charge in [-0.3, -0.25) is 4.68 Å². The quantitative estimate of drug-likeness (QED) is 0.780. The largest absolute Gasteiger partial charge is 0.388 e. The van der Waals surface area contributed by atoms with Crippen LogP contribution in [0.3, 0.4) is 0 Å². The van der Waals surface area contributed by atoms with E-state index in [9.17, 15) is 5.11 Å². The number of hydrogen-bond donors (Lipinski definition) is 1. The van der Waals surface area contributed by atoms with Gasteiger partial charge in [0.15, 0.2) is 0 Å². The van der Waals surface area contributed by atoms with Crippen LogP contribution in [0.15, 0.2) is 23.2 Å². The van der Waals surface area contributed by atoms with E-state index in [0.717, 1.165) is 41.8 Å². The third-order valence-electron chi connectivity index (χ3n) is 4.68. The van der Waals surface area contributed by atoms with Gasteiger partial charge in [0, 0.05) is 31.4 Å². The summed E-state index contributed by atoms with van der Waals surface area (Å²) in [7, 11) is 1.85. The zero-order valence-electron chi connectivity index (χ0n) is 13.8. The van der Waals surface area contributed by atoms with Gasteiger partial charge in [0.05, 0.1) is 18.0 Å². The molecule has 8 heteroatoms. The predicted molar refractivity (Wildman–Crippen MR) is 87.5 cm³/mol. The lowest BCUT2D eigenvalue weighted by Gasteiger charge is -2.27. The molecule has 1 aliphatic heterocycles. The molecule has 8 nitrogen and oxygen atoms in total. The second-order valence-corrected chi connectivity index (χ2v) is 6.33. The number of nitrogens with zero attached hydrogens (tertiary/aromatic N) is 6. The van der Waals surface area contributed by atoms with Crippen molar-refractivity contribution in [3.05, 3.63) is 30.0 Å². The van der Waals surface area contributed by atoms with Gasteiger partial charge in [-0.1, -0.05) is 5.16 Å². The van der Waals surface area contributed by atoms with E-state index in [-0.39, 0.29) is 6.04 Å². The van der Waals surface area contributed by atoms with Crippen LogP contribution in [0.5, 0.6) is 0 Å². The van der Waals surface area contributed by atoms with Crippen molar-refractivity contribution in [1.29, 1.82) is 0 Å². The lowest BCUT2D eigenvalue weighted by Crippen LogP contribution is -2.31.